The summed E-state index contributed by atoms with van der Waals surface area (Å²) in [4.78, 5) is 30.2. The number of halogens is 1. The van der Waals surface area contributed by atoms with Crippen molar-refractivity contribution in [2.45, 2.75) is 27.7 Å². The number of fused-ring (bicyclic) bond motifs is 1. The van der Waals surface area contributed by atoms with Crippen LogP contribution in [-0.4, -0.2) is 51.9 Å². The summed E-state index contributed by atoms with van der Waals surface area (Å²) in [5.74, 6) is -0.163. The number of thiazole rings is 1. The Morgan fingerprint density at radius 3 is 2.50 bits per heavy atom. The SMILES string of the molecule is CCN(CC)CCN(C(=O)c1cnccn1)c1nc2c(C)c(C)ccc2s1.Cl. The van der Waals surface area contributed by atoms with Crippen LogP contribution in [0.15, 0.2) is 30.7 Å². The van der Waals surface area contributed by atoms with E-state index in [1.54, 1.807) is 28.6 Å². The first-order chi connectivity index (χ1) is 13.0. The lowest BCUT2D eigenvalue weighted by atomic mass is 10.1. The topological polar surface area (TPSA) is 62.2 Å². The highest BCUT2D eigenvalue weighted by atomic mass is 35.5. The maximum Gasteiger partial charge on any atom is 0.280 e. The molecule has 0 saturated carbocycles. The van der Waals surface area contributed by atoms with E-state index in [2.05, 4.69) is 54.7 Å². The molecule has 0 radical (unpaired) electrons. The van der Waals surface area contributed by atoms with Gasteiger partial charge in [0.25, 0.3) is 5.91 Å². The Labute approximate surface area is 176 Å². The van der Waals surface area contributed by atoms with Gasteiger partial charge < -0.3 is 4.90 Å². The van der Waals surface area contributed by atoms with E-state index in [9.17, 15) is 4.79 Å². The molecular weight excluding hydrogens is 394 g/mol. The van der Waals surface area contributed by atoms with Crippen molar-refractivity contribution < 1.29 is 4.79 Å². The molecule has 2 heterocycles. The molecule has 0 unspecified atom stereocenters. The standard InChI is InChI=1S/C20H25N5OS.ClH/c1-5-24(6-2)11-12-25(19(26)16-13-21-9-10-22-16)20-23-18-15(4)14(3)7-8-17(18)27-20;/h7-10,13H,5-6,11-12H2,1-4H3;1H. The molecule has 8 heteroatoms. The van der Waals surface area contributed by atoms with Crippen LogP contribution in [0.1, 0.15) is 35.5 Å². The molecule has 3 aromatic rings. The molecule has 0 aliphatic carbocycles. The summed E-state index contributed by atoms with van der Waals surface area (Å²) in [6.45, 7) is 11.7. The van der Waals surface area contributed by atoms with Crippen LogP contribution < -0.4 is 4.90 Å². The number of amides is 1. The zero-order valence-electron chi connectivity index (χ0n) is 16.7. The Balaban J connectivity index is 0.00000280. The number of hydrogen-bond donors (Lipinski definition) is 0. The van der Waals surface area contributed by atoms with Gasteiger partial charge in [-0.15, -0.1) is 12.4 Å². The molecule has 1 amide bonds. The molecule has 0 spiro atoms. The Bertz CT molecular complexity index is 927. The normalized spacial score (nSPS) is 10.9. The van der Waals surface area contributed by atoms with Crippen LogP contribution in [0.5, 0.6) is 0 Å². The minimum absolute atomic E-state index is 0. The van der Waals surface area contributed by atoms with Crippen molar-refractivity contribution in [3.63, 3.8) is 0 Å². The van der Waals surface area contributed by atoms with Gasteiger partial charge in [-0.3, -0.25) is 14.7 Å². The molecular formula is C20H26ClN5OS. The minimum atomic E-state index is -0.163. The van der Waals surface area contributed by atoms with Crippen LogP contribution in [0.25, 0.3) is 10.2 Å². The summed E-state index contributed by atoms with van der Waals surface area (Å²) in [5.41, 5.74) is 3.67. The van der Waals surface area contributed by atoms with Gasteiger partial charge in [-0.2, -0.15) is 0 Å². The van der Waals surface area contributed by atoms with Crippen LogP contribution in [0.4, 0.5) is 5.13 Å². The average molecular weight is 420 g/mol. The molecule has 0 aliphatic rings. The maximum atomic E-state index is 13.1. The first kappa shape index (κ1) is 22.2. The van der Waals surface area contributed by atoms with Gasteiger partial charge in [0.1, 0.15) is 5.69 Å². The van der Waals surface area contributed by atoms with Crippen LogP contribution in [-0.2, 0) is 0 Å². The lowest BCUT2D eigenvalue weighted by molar-refractivity contribution is 0.0978. The summed E-state index contributed by atoms with van der Waals surface area (Å²) < 4.78 is 1.09. The molecule has 0 aliphatic heterocycles. The summed E-state index contributed by atoms with van der Waals surface area (Å²) in [6.07, 6.45) is 4.62. The van der Waals surface area contributed by atoms with E-state index < -0.39 is 0 Å². The molecule has 0 bridgehead atoms. The number of carbonyl (C=O) groups is 1. The van der Waals surface area contributed by atoms with Crippen LogP contribution in [0.3, 0.4) is 0 Å². The molecule has 1 aromatic carbocycles. The zero-order valence-corrected chi connectivity index (χ0v) is 18.3. The molecule has 0 fully saturated rings. The first-order valence-corrected chi connectivity index (χ1v) is 10.0. The third-order valence-corrected chi connectivity index (χ3v) is 5.91. The number of carbonyl (C=O) groups excluding carboxylic acids is 1. The van der Waals surface area contributed by atoms with Crippen molar-refractivity contribution in [1.29, 1.82) is 0 Å². The predicted molar refractivity (Wildman–Crippen MR) is 118 cm³/mol. The van der Waals surface area contributed by atoms with Gasteiger partial charge in [-0.25, -0.2) is 9.97 Å². The van der Waals surface area contributed by atoms with Crippen molar-refractivity contribution in [3.8, 4) is 0 Å². The lowest BCUT2D eigenvalue weighted by Crippen LogP contribution is -2.39. The van der Waals surface area contributed by atoms with E-state index in [1.807, 2.05) is 0 Å². The second-order valence-corrected chi connectivity index (χ2v) is 7.43. The zero-order chi connectivity index (χ0) is 19.4. The molecule has 0 saturated heterocycles. The predicted octanol–water partition coefficient (Wildman–Crippen LogP) is 4.11. The van der Waals surface area contributed by atoms with Crippen molar-refractivity contribution in [1.82, 2.24) is 19.9 Å². The van der Waals surface area contributed by atoms with E-state index in [0.29, 0.717) is 17.4 Å². The van der Waals surface area contributed by atoms with Gasteiger partial charge in [0.15, 0.2) is 5.13 Å². The maximum absolute atomic E-state index is 13.1. The van der Waals surface area contributed by atoms with Crippen LogP contribution >= 0.6 is 23.7 Å². The average Bonchev–Trinajstić information content (AvgIpc) is 3.13. The summed E-state index contributed by atoms with van der Waals surface area (Å²) >= 11 is 1.55. The molecule has 28 heavy (non-hydrogen) atoms. The summed E-state index contributed by atoms with van der Waals surface area (Å²) in [7, 11) is 0. The number of benzene rings is 1. The number of nitrogens with zero attached hydrogens (tertiary/aromatic N) is 5. The Morgan fingerprint density at radius 2 is 1.86 bits per heavy atom. The largest absolute Gasteiger partial charge is 0.302 e. The smallest absolute Gasteiger partial charge is 0.280 e. The summed E-state index contributed by atoms with van der Waals surface area (Å²) in [5, 5.41) is 0.710. The number of likely N-dealkylation sites (N-methyl/N-ethyl adjacent to an activating group) is 1. The van der Waals surface area contributed by atoms with E-state index >= 15 is 0 Å². The van der Waals surface area contributed by atoms with Gasteiger partial charge >= 0.3 is 0 Å². The number of anilines is 1. The van der Waals surface area contributed by atoms with E-state index in [1.165, 1.54) is 11.8 Å². The quantitative estimate of drug-likeness (QED) is 0.576. The Morgan fingerprint density at radius 1 is 1.11 bits per heavy atom. The molecule has 3 rings (SSSR count). The fourth-order valence-corrected chi connectivity index (χ4v) is 3.99. The van der Waals surface area contributed by atoms with Gasteiger partial charge in [0.05, 0.1) is 16.4 Å². The van der Waals surface area contributed by atoms with Crippen molar-refractivity contribution >= 4 is 45.0 Å². The van der Waals surface area contributed by atoms with Gasteiger partial charge in [0, 0.05) is 25.5 Å². The molecule has 150 valence electrons. The van der Waals surface area contributed by atoms with Crippen molar-refractivity contribution in [3.05, 3.63) is 47.5 Å². The number of aromatic nitrogens is 3. The van der Waals surface area contributed by atoms with Gasteiger partial charge in [-0.1, -0.05) is 31.3 Å². The van der Waals surface area contributed by atoms with Gasteiger partial charge in [0.2, 0.25) is 0 Å². The Kier molecular flexibility index (Phi) is 7.86. The molecule has 0 atom stereocenters. The fraction of sp³-hybridized carbons (Fsp3) is 0.400. The molecule has 6 nitrogen and oxygen atoms in total. The van der Waals surface area contributed by atoms with E-state index in [-0.39, 0.29) is 18.3 Å². The fourth-order valence-electron chi connectivity index (χ4n) is 2.94. The Hall–Kier alpha value is -2.09. The number of rotatable bonds is 7. The second kappa shape index (κ2) is 9.91. The van der Waals surface area contributed by atoms with Crippen molar-refractivity contribution in [2.75, 3.05) is 31.1 Å². The third kappa shape index (κ3) is 4.66. The lowest BCUT2D eigenvalue weighted by Gasteiger charge is -2.24. The van der Waals surface area contributed by atoms with E-state index in [0.717, 1.165) is 35.4 Å². The van der Waals surface area contributed by atoms with E-state index in [4.69, 9.17) is 4.98 Å². The van der Waals surface area contributed by atoms with Crippen molar-refractivity contribution in [2.24, 2.45) is 0 Å². The highest BCUT2D eigenvalue weighted by molar-refractivity contribution is 7.22. The number of hydrogen-bond acceptors (Lipinski definition) is 6. The first-order valence-electron chi connectivity index (χ1n) is 9.22. The third-order valence-electron chi connectivity index (χ3n) is 4.87. The summed E-state index contributed by atoms with van der Waals surface area (Å²) in [6, 6.07) is 4.18. The van der Waals surface area contributed by atoms with Crippen LogP contribution in [0.2, 0.25) is 0 Å². The van der Waals surface area contributed by atoms with Crippen LogP contribution in [0, 0.1) is 13.8 Å². The monoisotopic (exact) mass is 419 g/mol. The highest BCUT2D eigenvalue weighted by Gasteiger charge is 2.23. The molecule has 2 aromatic heterocycles. The minimum Gasteiger partial charge on any atom is -0.302 e. The molecule has 0 N–H and O–H groups in total. The number of aryl methyl sites for hydroxylation is 2. The second-order valence-electron chi connectivity index (χ2n) is 6.42. The van der Waals surface area contributed by atoms with Gasteiger partial charge in [-0.05, 0) is 44.1 Å². The highest BCUT2D eigenvalue weighted by Crippen LogP contribution is 2.32.